The number of benzene rings is 2. The maximum absolute atomic E-state index is 13.2. The van der Waals surface area contributed by atoms with Crippen LogP contribution in [0.15, 0.2) is 53.4 Å². The molecule has 2 aromatic carbocycles. The second kappa shape index (κ2) is 9.56. The lowest BCUT2D eigenvalue weighted by molar-refractivity contribution is 0.0949. The molecule has 4 rings (SSSR count). The van der Waals surface area contributed by atoms with Gasteiger partial charge in [0.05, 0.1) is 4.90 Å². The Morgan fingerprint density at radius 1 is 1.09 bits per heavy atom. The van der Waals surface area contributed by atoms with Crippen LogP contribution in [0.25, 0.3) is 0 Å². The molecule has 1 aliphatic carbocycles. The third kappa shape index (κ3) is 5.28. The van der Waals surface area contributed by atoms with Gasteiger partial charge in [-0.2, -0.15) is 4.31 Å². The zero-order valence-corrected chi connectivity index (χ0v) is 19.0. The van der Waals surface area contributed by atoms with Crippen LogP contribution < -0.4 is 10.2 Å². The largest absolute Gasteiger partial charge is 0.369 e. The van der Waals surface area contributed by atoms with Crippen molar-refractivity contribution >= 4 is 21.6 Å². The van der Waals surface area contributed by atoms with Crippen LogP contribution >= 0.6 is 0 Å². The van der Waals surface area contributed by atoms with E-state index in [1.807, 2.05) is 11.9 Å². The molecule has 1 heterocycles. The summed E-state index contributed by atoms with van der Waals surface area (Å²) in [6.45, 7) is 2.97. The standard InChI is InChI=1S/C23H29FN4O3S/c1-26(20-9-10-20)12-11-25-23(29)18-3-2-4-22(17-18)32(30,31)28-15-13-27(14-16-28)21-7-5-19(24)6-8-21/h2-8,17,20H,9-16H2,1H3,(H,25,29). The van der Waals surface area contributed by atoms with Crippen molar-refractivity contribution in [3.05, 3.63) is 59.9 Å². The molecule has 2 aliphatic rings. The number of carbonyl (C=O) groups is 1. The van der Waals surface area contributed by atoms with Crippen LogP contribution in [0.1, 0.15) is 23.2 Å². The molecule has 2 aromatic rings. The molecule has 7 nitrogen and oxygen atoms in total. The van der Waals surface area contributed by atoms with E-state index in [9.17, 15) is 17.6 Å². The quantitative estimate of drug-likeness (QED) is 0.654. The molecule has 0 aromatic heterocycles. The lowest BCUT2D eigenvalue weighted by Gasteiger charge is -2.35. The van der Waals surface area contributed by atoms with Crippen molar-refractivity contribution in [3.63, 3.8) is 0 Å². The summed E-state index contributed by atoms with van der Waals surface area (Å²) in [5, 5.41) is 2.88. The van der Waals surface area contributed by atoms with Crippen LogP contribution in [0.4, 0.5) is 10.1 Å². The Labute approximate surface area is 188 Å². The minimum atomic E-state index is -3.71. The third-order valence-corrected chi connectivity index (χ3v) is 7.98. The fourth-order valence-corrected chi connectivity index (χ4v) is 5.40. The first-order chi connectivity index (χ1) is 15.3. The molecule has 32 heavy (non-hydrogen) atoms. The van der Waals surface area contributed by atoms with E-state index in [1.54, 1.807) is 24.3 Å². The van der Waals surface area contributed by atoms with Crippen molar-refractivity contribution in [2.45, 2.75) is 23.8 Å². The van der Waals surface area contributed by atoms with E-state index in [-0.39, 0.29) is 16.6 Å². The van der Waals surface area contributed by atoms with E-state index in [1.165, 1.54) is 41.4 Å². The van der Waals surface area contributed by atoms with Gasteiger partial charge in [0, 0.05) is 56.6 Å². The Balaban J connectivity index is 1.36. The molecular formula is C23H29FN4O3S. The van der Waals surface area contributed by atoms with Crippen LogP contribution in [-0.4, -0.2) is 75.9 Å². The summed E-state index contributed by atoms with van der Waals surface area (Å²) in [6.07, 6.45) is 2.42. The number of nitrogens with one attached hydrogen (secondary N) is 1. The van der Waals surface area contributed by atoms with Crippen LogP contribution in [0.3, 0.4) is 0 Å². The summed E-state index contributed by atoms with van der Waals surface area (Å²) in [4.78, 5) is 16.9. The summed E-state index contributed by atoms with van der Waals surface area (Å²) in [5.74, 6) is -0.568. The Bertz CT molecular complexity index is 1050. The maximum Gasteiger partial charge on any atom is 0.251 e. The van der Waals surface area contributed by atoms with E-state index in [4.69, 9.17) is 0 Å². The minimum Gasteiger partial charge on any atom is -0.369 e. The van der Waals surface area contributed by atoms with Gasteiger partial charge in [0.1, 0.15) is 5.82 Å². The van der Waals surface area contributed by atoms with Crippen molar-refractivity contribution in [1.29, 1.82) is 0 Å². The minimum absolute atomic E-state index is 0.121. The van der Waals surface area contributed by atoms with Gasteiger partial charge in [0.25, 0.3) is 5.91 Å². The van der Waals surface area contributed by atoms with Crippen LogP contribution in [0, 0.1) is 5.82 Å². The first-order valence-corrected chi connectivity index (χ1v) is 12.4. The van der Waals surface area contributed by atoms with Crippen molar-refractivity contribution in [3.8, 4) is 0 Å². The smallest absolute Gasteiger partial charge is 0.251 e. The number of amides is 1. The Morgan fingerprint density at radius 3 is 2.44 bits per heavy atom. The summed E-state index contributed by atoms with van der Waals surface area (Å²) in [6, 6.07) is 13.0. The van der Waals surface area contributed by atoms with E-state index in [2.05, 4.69) is 10.2 Å². The number of nitrogens with zero attached hydrogens (tertiary/aromatic N) is 3. The zero-order chi connectivity index (χ0) is 22.7. The molecule has 0 bridgehead atoms. The van der Waals surface area contributed by atoms with Gasteiger partial charge >= 0.3 is 0 Å². The fourth-order valence-electron chi connectivity index (χ4n) is 3.93. The Morgan fingerprint density at radius 2 is 1.78 bits per heavy atom. The van der Waals surface area contributed by atoms with Gasteiger partial charge in [-0.05, 0) is 62.4 Å². The molecule has 172 valence electrons. The number of anilines is 1. The number of hydrogen-bond acceptors (Lipinski definition) is 5. The summed E-state index contributed by atoms with van der Waals surface area (Å²) in [7, 11) is -1.66. The molecule has 9 heteroatoms. The molecule has 1 amide bonds. The van der Waals surface area contributed by atoms with Gasteiger partial charge in [-0.3, -0.25) is 4.79 Å². The van der Waals surface area contributed by atoms with Gasteiger partial charge in [-0.1, -0.05) is 6.07 Å². The molecule has 1 aliphatic heterocycles. The predicted octanol–water partition coefficient (Wildman–Crippen LogP) is 2.16. The second-order valence-corrected chi connectivity index (χ2v) is 10.3. The molecule has 1 saturated carbocycles. The number of hydrogen-bond donors (Lipinski definition) is 1. The highest BCUT2D eigenvalue weighted by atomic mass is 32.2. The molecule has 0 radical (unpaired) electrons. The van der Waals surface area contributed by atoms with Gasteiger partial charge in [-0.15, -0.1) is 0 Å². The first-order valence-electron chi connectivity index (χ1n) is 10.9. The average Bonchev–Trinajstić information content (AvgIpc) is 3.65. The fraction of sp³-hybridized carbons (Fsp3) is 0.435. The number of rotatable bonds is 8. The lowest BCUT2D eigenvalue weighted by Crippen LogP contribution is -2.48. The van der Waals surface area contributed by atoms with Crippen molar-refractivity contribution < 1.29 is 17.6 Å². The Kier molecular flexibility index (Phi) is 6.78. The van der Waals surface area contributed by atoms with Crippen LogP contribution in [-0.2, 0) is 10.0 Å². The summed E-state index contributed by atoms with van der Waals surface area (Å²) >= 11 is 0. The average molecular weight is 461 g/mol. The Hall–Kier alpha value is -2.49. The molecule has 0 spiro atoms. The van der Waals surface area contributed by atoms with Crippen LogP contribution in [0.5, 0.6) is 0 Å². The van der Waals surface area contributed by atoms with Gasteiger partial charge in [-0.25, -0.2) is 12.8 Å². The lowest BCUT2D eigenvalue weighted by atomic mass is 10.2. The van der Waals surface area contributed by atoms with Gasteiger partial charge < -0.3 is 15.1 Å². The van der Waals surface area contributed by atoms with Crippen molar-refractivity contribution in [2.75, 3.05) is 51.2 Å². The van der Waals surface area contributed by atoms with Crippen molar-refractivity contribution in [1.82, 2.24) is 14.5 Å². The molecule has 1 saturated heterocycles. The van der Waals surface area contributed by atoms with E-state index in [0.29, 0.717) is 44.3 Å². The number of piperazine rings is 1. The molecule has 0 atom stereocenters. The van der Waals surface area contributed by atoms with Gasteiger partial charge in [0.15, 0.2) is 0 Å². The van der Waals surface area contributed by atoms with Crippen molar-refractivity contribution in [2.24, 2.45) is 0 Å². The second-order valence-electron chi connectivity index (χ2n) is 8.36. The number of likely N-dealkylation sites (N-methyl/N-ethyl adjacent to an activating group) is 1. The number of carbonyl (C=O) groups excluding carboxylic acids is 1. The topological polar surface area (TPSA) is 73.0 Å². The highest BCUT2D eigenvalue weighted by Crippen LogP contribution is 2.25. The third-order valence-electron chi connectivity index (χ3n) is 6.08. The highest BCUT2D eigenvalue weighted by Gasteiger charge is 2.29. The summed E-state index contributed by atoms with van der Waals surface area (Å²) in [5.41, 5.74) is 1.21. The van der Waals surface area contributed by atoms with E-state index >= 15 is 0 Å². The highest BCUT2D eigenvalue weighted by molar-refractivity contribution is 7.89. The molecule has 2 fully saturated rings. The first kappa shape index (κ1) is 22.7. The van der Waals surface area contributed by atoms with E-state index < -0.39 is 10.0 Å². The number of halogens is 1. The number of sulfonamides is 1. The monoisotopic (exact) mass is 460 g/mol. The predicted molar refractivity (Wildman–Crippen MR) is 122 cm³/mol. The zero-order valence-electron chi connectivity index (χ0n) is 18.2. The van der Waals surface area contributed by atoms with E-state index in [0.717, 1.165) is 12.2 Å². The maximum atomic E-state index is 13.2. The normalized spacial score (nSPS) is 17.5. The SMILES string of the molecule is CN(CCNC(=O)c1cccc(S(=O)(=O)N2CCN(c3ccc(F)cc3)CC2)c1)C1CC1. The van der Waals surface area contributed by atoms with Gasteiger partial charge in [0.2, 0.25) is 10.0 Å². The molecule has 1 N–H and O–H groups in total. The summed E-state index contributed by atoms with van der Waals surface area (Å²) < 4.78 is 40.9. The molecule has 0 unspecified atom stereocenters. The molecular weight excluding hydrogens is 431 g/mol. The van der Waals surface area contributed by atoms with Crippen LogP contribution in [0.2, 0.25) is 0 Å².